The first-order chi connectivity index (χ1) is 9.13. The van der Waals surface area contributed by atoms with E-state index in [2.05, 4.69) is 12.2 Å². The van der Waals surface area contributed by atoms with Crippen molar-refractivity contribution in [2.75, 3.05) is 7.05 Å². The molecule has 2 rings (SSSR count). The molecule has 1 saturated carbocycles. The van der Waals surface area contributed by atoms with Crippen LogP contribution in [0.5, 0.6) is 5.75 Å². The molecule has 0 spiro atoms. The summed E-state index contributed by atoms with van der Waals surface area (Å²) >= 11 is 0. The topological polar surface area (TPSA) is 21.3 Å². The highest BCUT2D eigenvalue weighted by molar-refractivity contribution is 5.28. The van der Waals surface area contributed by atoms with E-state index < -0.39 is 0 Å². The van der Waals surface area contributed by atoms with E-state index in [1.807, 2.05) is 13.1 Å². The van der Waals surface area contributed by atoms with Crippen LogP contribution in [0, 0.1) is 18.7 Å². The molecule has 0 saturated heterocycles. The van der Waals surface area contributed by atoms with Gasteiger partial charge in [-0.2, -0.15) is 0 Å². The van der Waals surface area contributed by atoms with Gasteiger partial charge in [-0.25, -0.2) is 4.39 Å². The number of ether oxygens (including phenoxy) is 1. The molecule has 0 radical (unpaired) electrons. The van der Waals surface area contributed by atoms with Crippen molar-refractivity contribution in [2.24, 2.45) is 5.92 Å². The van der Waals surface area contributed by atoms with Crippen LogP contribution in [0.3, 0.4) is 0 Å². The highest BCUT2D eigenvalue weighted by atomic mass is 19.1. The lowest BCUT2D eigenvalue weighted by molar-refractivity contribution is 0.0880. The number of rotatable bonds is 4. The summed E-state index contributed by atoms with van der Waals surface area (Å²) in [6, 6.07) is 5.50. The number of benzene rings is 1. The largest absolute Gasteiger partial charge is 0.489 e. The van der Waals surface area contributed by atoms with Gasteiger partial charge in [0.2, 0.25) is 0 Å². The second kappa shape index (κ2) is 6.38. The fraction of sp³-hybridized carbons (Fsp3) is 0.625. The Kier molecular flexibility index (Phi) is 4.81. The van der Waals surface area contributed by atoms with Crippen LogP contribution in [0.25, 0.3) is 0 Å². The fourth-order valence-electron chi connectivity index (χ4n) is 2.86. The van der Waals surface area contributed by atoms with Gasteiger partial charge in [0.1, 0.15) is 17.7 Å². The van der Waals surface area contributed by atoms with Crippen LogP contribution in [0.1, 0.15) is 38.2 Å². The van der Waals surface area contributed by atoms with Crippen molar-refractivity contribution in [1.82, 2.24) is 5.32 Å². The first-order valence-electron chi connectivity index (χ1n) is 7.24. The summed E-state index contributed by atoms with van der Waals surface area (Å²) in [6.07, 6.45) is 4.78. The molecule has 0 aromatic heterocycles. The third-order valence-electron chi connectivity index (χ3n) is 4.28. The number of nitrogens with one attached hydrogen (secondary N) is 1. The molecule has 19 heavy (non-hydrogen) atoms. The molecule has 3 unspecified atom stereocenters. The smallest absolute Gasteiger partial charge is 0.129 e. The maximum absolute atomic E-state index is 13.6. The van der Waals surface area contributed by atoms with E-state index in [0.717, 1.165) is 18.8 Å². The molecule has 1 aromatic carbocycles. The van der Waals surface area contributed by atoms with Crippen LogP contribution in [-0.4, -0.2) is 19.2 Å². The lowest BCUT2D eigenvalue weighted by atomic mass is 9.82. The molecule has 3 atom stereocenters. The van der Waals surface area contributed by atoms with Gasteiger partial charge in [0.25, 0.3) is 0 Å². The standard InChI is InChI=1S/C16H24FNO/c1-4-12-6-8-15(18-3)16(9-12)19-13-7-5-11(2)14(17)10-13/h5,7,10,12,15-16,18H,4,6,8-9H2,1-3H3. The number of hydrogen-bond donors (Lipinski definition) is 1. The third kappa shape index (κ3) is 3.47. The van der Waals surface area contributed by atoms with Crippen molar-refractivity contribution < 1.29 is 9.13 Å². The maximum atomic E-state index is 13.6. The average molecular weight is 265 g/mol. The Balaban J connectivity index is 2.07. The zero-order chi connectivity index (χ0) is 13.8. The molecule has 1 aromatic rings. The van der Waals surface area contributed by atoms with E-state index in [9.17, 15) is 4.39 Å². The van der Waals surface area contributed by atoms with Crippen molar-refractivity contribution in [3.05, 3.63) is 29.6 Å². The van der Waals surface area contributed by atoms with E-state index >= 15 is 0 Å². The third-order valence-corrected chi connectivity index (χ3v) is 4.28. The van der Waals surface area contributed by atoms with Crippen LogP contribution in [0.4, 0.5) is 4.39 Å². The molecule has 3 heteroatoms. The zero-order valence-electron chi connectivity index (χ0n) is 12.1. The highest BCUT2D eigenvalue weighted by Gasteiger charge is 2.30. The SMILES string of the molecule is CCC1CCC(NC)C(Oc2ccc(C)c(F)c2)C1. The van der Waals surface area contributed by atoms with E-state index in [1.165, 1.54) is 18.9 Å². The number of hydrogen-bond acceptors (Lipinski definition) is 2. The summed E-state index contributed by atoms with van der Waals surface area (Å²) in [6.45, 7) is 4.00. The summed E-state index contributed by atoms with van der Waals surface area (Å²) in [7, 11) is 1.98. The van der Waals surface area contributed by atoms with Gasteiger partial charge in [-0.1, -0.05) is 19.4 Å². The molecule has 1 aliphatic carbocycles. The Bertz CT molecular complexity index is 421. The van der Waals surface area contributed by atoms with E-state index in [-0.39, 0.29) is 11.9 Å². The summed E-state index contributed by atoms with van der Waals surface area (Å²) in [5.74, 6) is 1.18. The van der Waals surface area contributed by atoms with Crippen LogP contribution < -0.4 is 10.1 Å². The average Bonchev–Trinajstić information content (AvgIpc) is 2.43. The molecule has 1 N–H and O–H groups in total. The Morgan fingerprint density at radius 1 is 1.37 bits per heavy atom. The van der Waals surface area contributed by atoms with Gasteiger partial charge in [-0.05, 0) is 50.8 Å². The molecule has 106 valence electrons. The van der Waals surface area contributed by atoms with Gasteiger partial charge in [0.15, 0.2) is 0 Å². The van der Waals surface area contributed by atoms with Crippen LogP contribution in [-0.2, 0) is 0 Å². The fourth-order valence-corrected chi connectivity index (χ4v) is 2.86. The second-order valence-corrected chi connectivity index (χ2v) is 5.55. The summed E-state index contributed by atoms with van der Waals surface area (Å²) in [4.78, 5) is 0. The van der Waals surface area contributed by atoms with Gasteiger partial charge < -0.3 is 10.1 Å². The molecule has 0 bridgehead atoms. The molecule has 0 heterocycles. The van der Waals surface area contributed by atoms with Crippen molar-refractivity contribution in [1.29, 1.82) is 0 Å². The van der Waals surface area contributed by atoms with Crippen molar-refractivity contribution >= 4 is 0 Å². The number of halogens is 1. The zero-order valence-corrected chi connectivity index (χ0v) is 12.1. The minimum atomic E-state index is -0.193. The Morgan fingerprint density at radius 2 is 2.16 bits per heavy atom. The van der Waals surface area contributed by atoms with E-state index in [4.69, 9.17) is 4.74 Å². The minimum Gasteiger partial charge on any atom is -0.489 e. The predicted octanol–water partition coefficient (Wildman–Crippen LogP) is 3.68. The first kappa shape index (κ1) is 14.3. The normalized spacial score (nSPS) is 27.3. The highest BCUT2D eigenvalue weighted by Crippen LogP contribution is 2.30. The molecule has 0 amide bonds. The molecule has 1 fully saturated rings. The quantitative estimate of drug-likeness (QED) is 0.896. The van der Waals surface area contributed by atoms with Crippen LogP contribution in [0.2, 0.25) is 0 Å². The lowest BCUT2D eigenvalue weighted by Gasteiger charge is -2.35. The van der Waals surface area contributed by atoms with Gasteiger partial charge in [0, 0.05) is 12.1 Å². The van der Waals surface area contributed by atoms with Gasteiger partial charge in [0.05, 0.1) is 0 Å². The monoisotopic (exact) mass is 265 g/mol. The maximum Gasteiger partial charge on any atom is 0.129 e. The summed E-state index contributed by atoms with van der Waals surface area (Å²) < 4.78 is 19.6. The molecular weight excluding hydrogens is 241 g/mol. The second-order valence-electron chi connectivity index (χ2n) is 5.55. The van der Waals surface area contributed by atoms with E-state index in [1.54, 1.807) is 13.0 Å². The van der Waals surface area contributed by atoms with Crippen molar-refractivity contribution in [3.63, 3.8) is 0 Å². The first-order valence-corrected chi connectivity index (χ1v) is 7.24. The van der Waals surface area contributed by atoms with Gasteiger partial charge in [-0.15, -0.1) is 0 Å². The van der Waals surface area contributed by atoms with Crippen LogP contribution >= 0.6 is 0 Å². The van der Waals surface area contributed by atoms with Gasteiger partial charge in [-0.3, -0.25) is 0 Å². The van der Waals surface area contributed by atoms with Crippen molar-refractivity contribution in [2.45, 2.75) is 51.7 Å². The Hall–Kier alpha value is -1.09. The molecule has 1 aliphatic rings. The summed E-state index contributed by atoms with van der Waals surface area (Å²) in [5, 5.41) is 3.33. The molecule has 0 aliphatic heterocycles. The van der Waals surface area contributed by atoms with Crippen molar-refractivity contribution in [3.8, 4) is 5.75 Å². The lowest BCUT2D eigenvalue weighted by Crippen LogP contribution is -2.45. The minimum absolute atomic E-state index is 0.144. The number of likely N-dealkylation sites (N-methyl/N-ethyl adjacent to an activating group) is 1. The van der Waals surface area contributed by atoms with E-state index in [0.29, 0.717) is 17.4 Å². The predicted molar refractivity (Wildman–Crippen MR) is 76.0 cm³/mol. The van der Waals surface area contributed by atoms with Gasteiger partial charge >= 0.3 is 0 Å². The molecular formula is C16H24FNO. The Labute approximate surface area is 115 Å². The van der Waals surface area contributed by atoms with Crippen LogP contribution in [0.15, 0.2) is 18.2 Å². The Morgan fingerprint density at radius 3 is 2.79 bits per heavy atom. The molecule has 2 nitrogen and oxygen atoms in total. The number of aryl methyl sites for hydroxylation is 1. The summed E-state index contributed by atoms with van der Waals surface area (Å²) in [5.41, 5.74) is 0.660.